The van der Waals surface area contributed by atoms with Crippen LogP contribution in [0.5, 0.6) is 0 Å². The number of piperazine rings is 1. The highest BCUT2D eigenvalue weighted by atomic mass is 16.5. The lowest BCUT2D eigenvalue weighted by Crippen LogP contribution is -2.55. The summed E-state index contributed by atoms with van der Waals surface area (Å²) in [4.78, 5) is 26.1. The molecule has 3 rings (SSSR count). The minimum Gasteiger partial charge on any atom is -0.384 e. The first-order chi connectivity index (χ1) is 16.8. The molecule has 1 aromatic heterocycles. The molecule has 1 aromatic rings. The second kappa shape index (κ2) is 11.8. The van der Waals surface area contributed by atoms with Crippen LogP contribution in [0, 0.1) is 17.2 Å². The quantitative estimate of drug-likeness (QED) is 0.298. The molecule has 1 aliphatic heterocycles. The number of hydrogen-bond acceptors (Lipinski definition) is 5. The van der Waals surface area contributed by atoms with Gasteiger partial charge in [-0.3, -0.25) is 4.79 Å². The molecule has 0 aromatic carbocycles. The van der Waals surface area contributed by atoms with Crippen LogP contribution in [0.15, 0.2) is 48.1 Å². The van der Waals surface area contributed by atoms with Gasteiger partial charge in [-0.15, -0.1) is 0 Å². The largest absolute Gasteiger partial charge is 0.384 e. The first-order valence-corrected chi connectivity index (χ1v) is 12.0. The van der Waals surface area contributed by atoms with Crippen molar-refractivity contribution < 1.29 is 9.53 Å². The Bertz CT molecular complexity index is 1080. The zero-order valence-corrected chi connectivity index (χ0v) is 21.1. The molecular weight excluding hydrogens is 438 g/mol. The van der Waals surface area contributed by atoms with E-state index in [0.29, 0.717) is 50.0 Å². The maximum Gasteiger partial charge on any atom is 0.225 e. The summed E-state index contributed by atoms with van der Waals surface area (Å²) in [6.07, 6.45) is 5.94. The molecule has 1 aliphatic carbocycles. The third-order valence-electron chi connectivity index (χ3n) is 6.46. The second-order valence-electron chi connectivity index (χ2n) is 9.05. The van der Waals surface area contributed by atoms with E-state index in [1.807, 2.05) is 24.0 Å². The van der Waals surface area contributed by atoms with Gasteiger partial charge in [-0.05, 0) is 62.1 Å². The Hall–Kier alpha value is -3.50. The van der Waals surface area contributed by atoms with E-state index < -0.39 is 0 Å². The van der Waals surface area contributed by atoms with E-state index >= 15 is 0 Å². The van der Waals surface area contributed by atoms with Crippen molar-refractivity contribution in [2.45, 2.75) is 39.2 Å². The molecule has 35 heavy (non-hydrogen) atoms. The Kier molecular flexibility index (Phi) is 8.78. The van der Waals surface area contributed by atoms with Gasteiger partial charge >= 0.3 is 0 Å². The number of pyridine rings is 1. The number of aromatic nitrogens is 1. The lowest BCUT2D eigenvalue weighted by molar-refractivity contribution is -0.135. The molecule has 1 atom stereocenters. The van der Waals surface area contributed by atoms with Gasteiger partial charge in [0.05, 0.1) is 30.0 Å². The molecule has 0 bridgehead atoms. The number of rotatable bonds is 9. The predicted molar refractivity (Wildman–Crippen MR) is 141 cm³/mol. The van der Waals surface area contributed by atoms with Gasteiger partial charge in [-0.25, -0.2) is 9.98 Å². The standard InChI is InChI=1S/C28H35N5O2/c1-7-24-15-23(16-25(8-2)30-24)21(5)27(22-9-10-22)31-28(19(3)17-29)32-12-13-33(20(4)18-32)26(34)11-14-35-6/h7-8,15-16,20,22H,1-3,9-14,18H2,4-6H3/b27-21+,31-28?. The molecule has 1 amide bonds. The van der Waals surface area contributed by atoms with Crippen LogP contribution in [-0.4, -0.2) is 65.9 Å². The smallest absolute Gasteiger partial charge is 0.225 e. The van der Waals surface area contributed by atoms with Crippen molar-refractivity contribution in [3.63, 3.8) is 0 Å². The number of nitrogens with zero attached hydrogens (tertiary/aromatic N) is 5. The number of carbonyl (C=O) groups excluding carboxylic acids is 1. The highest BCUT2D eigenvalue weighted by molar-refractivity contribution is 6.02. The Morgan fingerprint density at radius 2 is 1.94 bits per heavy atom. The van der Waals surface area contributed by atoms with Crippen molar-refractivity contribution in [3.05, 3.63) is 60.1 Å². The van der Waals surface area contributed by atoms with Crippen LogP contribution < -0.4 is 0 Å². The zero-order valence-electron chi connectivity index (χ0n) is 21.1. The maximum absolute atomic E-state index is 12.6. The second-order valence-corrected chi connectivity index (χ2v) is 9.05. The van der Waals surface area contributed by atoms with E-state index in [4.69, 9.17) is 9.73 Å². The molecule has 0 spiro atoms. The number of carbonyl (C=O) groups is 1. The Morgan fingerprint density at radius 3 is 2.46 bits per heavy atom. The van der Waals surface area contributed by atoms with E-state index in [0.717, 1.165) is 41.1 Å². The number of amidine groups is 1. The van der Waals surface area contributed by atoms with Gasteiger partial charge in [0.1, 0.15) is 11.9 Å². The van der Waals surface area contributed by atoms with Crippen molar-refractivity contribution in [2.24, 2.45) is 10.9 Å². The van der Waals surface area contributed by atoms with E-state index in [1.165, 1.54) is 0 Å². The van der Waals surface area contributed by atoms with Crippen molar-refractivity contribution in [1.82, 2.24) is 14.8 Å². The molecule has 2 aliphatic rings. The summed E-state index contributed by atoms with van der Waals surface area (Å²) in [5.41, 5.74) is 4.92. The van der Waals surface area contributed by atoms with Crippen molar-refractivity contribution in [2.75, 3.05) is 33.4 Å². The summed E-state index contributed by atoms with van der Waals surface area (Å²) in [5.74, 6) is 1.02. The highest BCUT2D eigenvalue weighted by Crippen LogP contribution is 2.41. The Balaban J connectivity index is 1.96. The first-order valence-electron chi connectivity index (χ1n) is 12.0. The van der Waals surface area contributed by atoms with Crippen LogP contribution in [0.4, 0.5) is 0 Å². The summed E-state index contributed by atoms with van der Waals surface area (Å²) in [5, 5.41) is 9.72. The SMILES string of the molecule is C=Cc1cc(/C(C)=C(/N=C(C(=C)C#N)N2CCN(C(=O)CCOC)C(C)C2)C2CC2)cc(C=C)n1. The average Bonchev–Trinajstić information content (AvgIpc) is 3.72. The molecule has 1 unspecified atom stereocenters. The van der Waals surface area contributed by atoms with Crippen LogP contribution in [0.2, 0.25) is 0 Å². The number of nitriles is 1. The fourth-order valence-electron chi connectivity index (χ4n) is 4.33. The average molecular weight is 474 g/mol. The summed E-state index contributed by atoms with van der Waals surface area (Å²) >= 11 is 0. The Morgan fingerprint density at radius 1 is 1.29 bits per heavy atom. The monoisotopic (exact) mass is 473 g/mol. The maximum atomic E-state index is 12.6. The van der Waals surface area contributed by atoms with E-state index in [-0.39, 0.29) is 11.9 Å². The van der Waals surface area contributed by atoms with Gasteiger partial charge in [0.2, 0.25) is 5.91 Å². The van der Waals surface area contributed by atoms with Crippen molar-refractivity contribution in [3.8, 4) is 6.07 Å². The molecular formula is C28H35N5O2. The zero-order chi connectivity index (χ0) is 25.5. The number of hydrogen-bond donors (Lipinski definition) is 0. The van der Waals surface area contributed by atoms with Crippen LogP contribution in [0.1, 0.15) is 50.1 Å². The fourth-order valence-corrected chi connectivity index (χ4v) is 4.33. The van der Waals surface area contributed by atoms with Gasteiger partial charge in [-0.2, -0.15) is 5.26 Å². The van der Waals surface area contributed by atoms with Crippen molar-refractivity contribution in [1.29, 1.82) is 5.26 Å². The van der Waals surface area contributed by atoms with Gasteiger partial charge in [0, 0.05) is 44.4 Å². The van der Waals surface area contributed by atoms with E-state index in [1.54, 1.807) is 19.3 Å². The molecule has 0 N–H and O–H groups in total. The molecule has 7 heteroatoms. The summed E-state index contributed by atoms with van der Waals surface area (Å²) in [6, 6.07) is 6.18. The van der Waals surface area contributed by atoms with Gasteiger partial charge in [-0.1, -0.05) is 19.7 Å². The van der Waals surface area contributed by atoms with Gasteiger partial charge in [0.15, 0.2) is 0 Å². The predicted octanol–water partition coefficient (Wildman–Crippen LogP) is 4.56. The van der Waals surface area contributed by atoms with Crippen molar-refractivity contribution >= 4 is 29.5 Å². The van der Waals surface area contributed by atoms with Crippen LogP contribution in [-0.2, 0) is 9.53 Å². The molecule has 184 valence electrons. The molecule has 7 nitrogen and oxygen atoms in total. The van der Waals surface area contributed by atoms with Crippen LogP contribution in [0.25, 0.3) is 17.7 Å². The summed E-state index contributed by atoms with van der Waals surface area (Å²) in [6.45, 7) is 18.0. The lowest BCUT2D eigenvalue weighted by Gasteiger charge is -2.41. The lowest BCUT2D eigenvalue weighted by atomic mass is 10.0. The first kappa shape index (κ1) is 26.1. The fraction of sp³-hybridized carbons (Fsp3) is 0.429. The van der Waals surface area contributed by atoms with E-state index in [2.05, 4.69) is 42.6 Å². The summed E-state index contributed by atoms with van der Waals surface area (Å²) < 4.78 is 5.06. The van der Waals surface area contributed by atoms with Crippen LogP contribution in [0.3, 0.4) is 0 Å². The number of aliphatic imine (C=N–C) groups is 1. The third-order valence-corrected chi connectivity index (χ3v) is 6.46. The number of amides is 1. The highest BCUT2D eigenvalue weighted by Gasteiger charge is 2.32. The Labute approximate surface area is 208 Å². The number of allylic oxidation sites excluding steroid dienone is 2. The minimum atomic E-state index is -0.00949. The van der Waals surface area contributed by atoms with E-state index in [9.17, 15) is 10.1 Å². The third kappa shape index (κ3) is 6.34. The molecule has 0 radical (unpaired) electrons. The number of ether oxygens (including phenoxy) is 1. The molecule has 2 heterocycles. The van der Waals surface area contributed by atoms with Gasteiger partial charge in [0.25, 0.3) is 0 Å². The summed E-state index contributed by atoms with van der Waals surface area (Å²) in [7, 11) is 1.60. The molecule has 1 saturated carbocycles. The molecule has 1 saturated heterocycles. The normalized spacial score (nSPS) is 19.0. The molecule has 2 fully saturated rings. The van der Waals surface area contributed by atoms with Crippen LogP contribution >= 0.6 is 0 Å². The number of methoxy groups -OCH3 is 1. The topological polar surface area (TPSA) is 81.8 Å². The minimum absolute atomic E-state index is 0.00949. The van der Waals surface area contributed by atoms with Gasteiger partial charge < -0.3 is 14.5 Å².